The largest absolute Gasteiger partial charge is 0.455 e. The highest BCUT2D eigenvalue weighted by molar-refractivity contribution is 7.98. The molecule has 0 amide bonds. The first-order valence-corrected chi connectivity index (χ1v) is 9.33. The van der Waals surface area contributed by atoms with Gasteiger partial charge in [0.1, 0.15) is 5.60 Å². The lowest BCUT2D eigenvalue weighted by atomic mass is 10.0. The Labute approximate surface area is 147 Å². The van der Waals surface area contributed by atoms with Crippen molar-refractivity contribution < 1.29 is 9.53 Å². The number of hydrogen-bond acceptors (Lipinski definition) is 5. The summed E-state index contributed by atoms with van der Waals surface area (Å²) in [6, 6.07) is 9.58. The van der Waals surface area contributed by atoms with Gasteiger partial charge in [0.2, 0.25) is 0 Å². The predicted octanol–water partition coefficient (Wildman–Crippen LogP) is 4.30. The molecule has 0 saturated carbocycles. The number of imidazole rings is 1. The average molecular weight is 347 g/mol. The number of para-hydroxylation sites is 1. The number of esters is 1. The monoisotopic (exact) mass is 347 g/mol. The van der Waals surface area contributed by atoms with Gasteiger partial charge >= 0.3 is 5.97 Å². The molecule has 0 saturated heterocycles. The van der Waals surface area contributed by atoms with E-state index in [1.807, 2.05) is 50.4 Å². The van der Waals surface area contributed by atoms with Gasteiger partial charge in [-0.15, -0.1) is 0 Å². The van der Waals surface area contributed by atoms with Crippen LogP contribution in [0, 0.1) is 0 Å². The molecule has 1 heterocycles. The fraction of sp³-hybridized carbons (Fsp3) is 0.444. The van der Waals surface area contributed by atoms with E-state index >= 15 is 0 Å². The van der Waals surface area contributed by atoms with Gasteiger partial charge in [0.25, 0.3) is 0 Å². The van der Waals surface area contributed by atoms with E-state index < -0.39 is 11.6 Å². The molecule has 130 valence electrons. The Bertz CT molecular complexity index is 696. The van der Waals surface area contributed by atoms with E-state index in [9.17, 15) is 4.79 Å². The highest BCUT2D eigenvalue weighted by Crippen LogP contribution is 2.28. The predicted molar refractivity (Wildman–Crippen MR) is 98.8 cm³/mol. The quantitative estimate of drug-likeness (QED) is 0.597. The fourth-order valence-corrected chi connectivity index (χ4v) is 3.09. The number of nitrogens with zero attached hydrogens (tertiary/aromatic N) is 2. The second kappa shape index (κ2) is 7.75. The van der Waals surface area contributed by atoms with Gasteiger partial charge in [0, 0.05) is 5.69 Å². The zero-order valence-corrected chi connectivity index (χ0v) is 15.5. The molecular weight excluding hydrogens is 322 g/mol. The summed E-state index contributed by atoms with van der Waals surface area (Å²) in [5.74, 6) is -0.246. The minimum Gasteiger partial charge on any atom is -0.455 e. The minimum atomic E-state index is -0.537. The average Bonchev–Trinajstić information content (AvgIpc) is 2.90. The molecule has 0 unspecified atom stereocenters. The van der Waals surface area contributed by atoms with Gasteiger partial charge in [0.15, 0.2) is 16.7 Å². The molecule has 0 radical (unpaired) electrons. The number of anilines is 1. The van der Waals surface area contributed by atoms with Crippen LogP contribution in [0.3, 0.4) is 0 Å². The molecule has 6 heteroatoms. The number of thioether (sulfide) groups is 1. The third-order valence-corrected chi connectivity index (χ3v) is 4.40. The molecule has 5 nitrogen and oxygen atoms in total. The Morgan fingerprint density at radius 1 is 1.33 bits per heavy atom. The first-order valence-electron chi connectivity index (χ1n) is 8.10. The van der Waals surface area contributed by atoms with Gasteiger partial charge in [0.05, 0.1) is 0 Å². The normalized spacial score (nSPS) is 11.5. The van der Waals surface area contributed by atoms with Crippen molar-refractivity contribution in [2.45, 2.75) is 50.8 Å². The number of ether oxygens (including phenoxy) is 1. The number of rotatable bonds is 7. The van der Waals surface area contributed by atoms with E-state index in [1.54, 1.807) is 4.57 Å². The van der Waals surface area contributed by atoms with Crippen LogP contribution in [0.5, 0.6) is 0 Å². The number of benzene rings is 1. The van der Waals surface area contributed by atoms with Gasteiger partial charge in [-0.3, -0.25) is 4.57 Å². The lowest BCUT2D eigenvalue weighted by molar-refractivity contribution is -0.00610. The summed E-state index contributed by atoms with van der Waals surface area (Å²) in [7, 11) is 0. The smallest absolute Gasteiger partial charge is 0.359 e. The Balaban J connectivity index is 2.39. The van der Waals surface area contributed by atoms with Crippen LogP contribution < -0.4 is 5.73 Å². The van der Waals surface area contributed by atoms with Crippen molar-refractivity contribution in [2.24, 2.45) is 0 Å². The second-order valence-electron chi connectivity index (χ2n) is 6.26. The molecule has 1 aromatic heterocycles. The first-order chi connectivity index (χ1) is 11.4. The summed E-state index contributed by atoms with van der Waals surface area (Å²) < 4.78 is 7.50. The summed E-state index contributed by atoms with van der Waals surface area (Å²) in [5, 5.41) is 0.664. The number of carbonyl (C=O) groups is 1. The second-order valence-corrected chi connectivity index (χ2v) is 7.03. The van der Waals surface area contributed by atoms with E-state index in [4.69, 9.17) is 10.5 Å². The SMILES string of the molecule is CCCCC(C)(C)OC(=O)c1c(N)nc(SC)n1-c1ccccc1. The molecule has 0 spiro atoms. The fourth-order valence-electron chi connectivity index (χ4n) is 2.52. The van der Waals surface area contributed by atoms with E-state index in [2.05, 4.69) is 11.9 Å². The van der Waals surface area contributed by atoms with Gasteiger partial charge in [-0.2, -0.15) is 0 Å². The van der Waals surface area contributed by atoms with Crippen molar-refractivity contribution in [3.63, 3.8) is 0 Å². The van der Waals surface area contributed by atoms with Crippen LogP contribution in [-0.2, 0) is 4.74 Å². The molecular formula is C18H25N3O2S. The topological polar surface area (TPSA) is 70.1 Å². The Kier molecular flexibility index (Phi) is 5.94. The van der Waals surface area contributed by atoms with Crippen LogP contribution in [0.25, 0.3) is 5.69 Å². The van der Waals surface area contributed by atoms with Crippen molar-refractivity contribution in [2.75, 3.05) is 12.0 Å². The van der Waals surface area contributed by atoms with Crippen molar-refractivity contribution in [1.82, 2.24) is 9.55 Å². The van der Waals surface area contributed by atoms with Crippen molar-refractivity contribution in [1.29, 1.82) is 0 Å². The van der Waals surface area contributed by atoms with Crippen LogP contribution in [0.1, 0.15) is 50.5 Å². The van der Waals surface area contributed by atoms with Crippen molar-refractivity contribution in [3.8, 4) is 5.69 Å². The Hall–Kier alpha value is -1.95. The van der Waals surface area contributed by atoms with Gasteiger partial charge in [-0.05, 0) is 45.1 Å². The van der Waals surface area contributed by atoms with Gasteiger partial charge < -0.3 is 10.5 Å². The lowest BCUT2D eigenvalue weighted by Gasteiger charge is -2.25. The van der Waals surface area contributed by atoms with Gasteiger partial charge in [-0.25, -0.2) is 9.78 Å². The molecule has 2 N–H and O–H groups in total. The van der Waals surface area contributed by atoms with Crippen LogP contribution in [-0.4, -0.2) is 27.4 Å². The van der Waals surface area contributed by atoms with Crippen LogP contribution in [0.2, 0.25) is 0 Å². The van der Waals surface area contributed by atoms with Crippen LogP contribution in [0.15, 0.2) is 35.5 Å². The van der Waals surface area contributed by atoms with E-state index in [0.29, 0.717) is 5.16 Å². The van der Waals surface area contributed by atoms with Crippen molar-refractivity contribution in [3.05, 3.63) is 36.0 Å². The van der Waals surface area contributed by atoms with Crippen LogP contribution >= 0.6 is 11.8 Å². The number of carbonyl (C=O) groups excluding carboxylic acids is 1. The molecule has 24 heavy (non-hydrogen) atoms. The molecule has 0 atom stereocenters. The maximum atomic E-state index is 12.8. The maximum absolute atomic E-state index is 12.8. The van der Waals surface area contributed by atoms with E-state index in [1.165, 1.54) is 11.8 Å². The zero-order chi connectivity index (χ0) is 17.7. The third kappa shape index (κ3) is 4.12. The number of nitrogens with two attached hydrogens (primary N) is 1. The summed E-state index contributed by atoms with van der Waals surface area (Å²) in [6.07, 6.45) is 4.77. The molecule has 0 bridgehead atoms. The summed E-state index contributed by atoms with van der Waals surface area (Å²) in [5.41, 5.74) is 6.62. The molecule has 2 rings (SSSR count). The number of unbranched alkanes of at least 4 members (excludes halogenated alkanes) is 1. The standard InChI is InChI=1S/C18H25N3O2S/c1-5-6-12-18(2,3)23-16(22)14-15(19)20-17(24-4)21(14)13-10-8-7-9-11-13/h7-11H,5-6,12,19H2,1-4H3. The van der Waals surface area contributed by atoms with E-state index in [0.717, 1.165) is 24.9 Å². The molecule has 2 aromatic rings. The minimum absolute atomic E-state index is 0.194. The molecule has 1 aromatic carbocycles. The number of nitrogen functional groups attached to an aromatic ring is 1. The summed E-state index contributed by atoms with van der Waals surface area (Å²) in [6.45, 7) is 5.97. The van der Waals surface area contributed by atoms with Gasteiger partial charge in [-0.1, -0.05) is 43.3 Å². The summed E-state index contributed by atoms with van der Waals surface area (Å²) >= 11 is 1.44. The van der Waals surface area contributed by atoms with Crippen molar-refractivity contribution >= 4 is 23.5 Å². The van der Waals surface area contributed by atoms with E-state index in [-0.39, 0.29) is 11.5 Å². The number of hydrogen-bond donors (Lipinski definition) is 1. The molecule has 0 aliphatic heterocycles. The zero-order valence-electron chi connectivity index (χ0n) is 14.7. The highest BCUT2D eigenvalue weighted by Gasteiger charge is 2.29. The molecule has 0 aliphatic rings. The highest BCUT2D eigenvalue weighted by atomic mass is 32.2. The Morgan fingerprint density at radius 3 is 2.58 bits per heavy atom. The van der Waals surface area contributed by atoms with Crippen LogP contribution in [0.4, 0.5) is 5.82 Å². The number of aromatic nitrogens is 2. The summed E-state index contributed by atoms with van der Waals surface area (Å²) in [4.78, 5) is 17.1. The lowest BCUT2D eigenvalue weighted by Crippen LogP contribution is -2.29. The maximum Gasteiger partial charge on any atom is 0.359 e. The first kappa shape index (κ1) is 18.4. The molecule has 0 fully saturated rings. The Morgan fingerprint density at radius 2 is 2.00 bits per heavy atom. The third-order valence-electron chi connectivity index (χ3n) is 3.77. The molecule has 0 aliphatic carbocycles.